The van der Waals surface area contributed by atoms with Gasteiger partial charge in [0.15, 0.2) is 0 Å². The van der Waals surface area contributed by atoms with Gasteiger partial charge in [0.2, 0.25) is 0 Å². The molecule has 0 atom stereocenters. The average molecular weight is 280 g/mol. The molecule has 1 amide bonds. The number of aryl methyl sites for hydroxylation is 1. The normalized spacial score (nSPS) is 9.38. The Morgan fingerprint density at radius 3 is 2.86 bits per heavy atom. The fraction of sp³-hybridized carbons (Fsp3) is 0.176. The van der Waals surface area contributed by atoms with E-state index < -0.39 is 0 Å². The number of benzene rings is 1. The van der Waals surface area contributed by atoms with E-state index >= 15 is 0 Å². The van der Waals surface area contributed by atoms with Gasteiger partial charge in [-0.3, -0.25) is 9.78 Å². The quantitative estimate of drug-likeness (QED) is 0.874. The molecule has 0 aliphatic carbocycles. The van der Waals surface area contributed by atoms with E-state index in [4.69, 9.17) is 4.74 Å². The molecule has 2 rings (SSSR count). The highest BCUT2D eigenvalue weighted by Crippen LogP contribution is 2.06. The largest absolute Gasteiger partial charge is 0.479 e. The van der Waals surface area contributed by atoms with Crippen molar-refractivity contribution in [3.05, 3.63) is 59.9 Å². The van der Waals surface area contributed by atoms with Gasteiger partial charge < -0.3 is 10.1 Å². The van der Waals surface area contributed by atoms with Crippen molar-refractivity contribution >= 4 is 5.91 Å². The van der Waals surface area contributed by atoms with Crippen molar-refractivity contribution in [3.8, 4) is 17.6 Å². The first-order valence-electron chi connectivity index (χ1n) is 6.60. The Labute approximate surface area is 124 Å². The number of nitrogens with zero attached hydrogens (tertiary/aromatic N) is 1. The molecule has 0 aliphatic rings. The second kappa shape index (κ2) is 7.71. The van der Waals surface area contributed by atoms with Gasteiger partial charge in [-0.25, -0.2) is 0 Å². The van der Waals surface area contributed by atoms with Crippen LogP contribution in [0.5, 0.6) is 5.75 Å². The second-order valence-corrected chi connectivity index (χ2v) is 4.33. The Hall–Kier alpha value is -2.80. The molecule has 21 heavy (non-hydrogen) atoms. The van der Waals surface area contributed by atoms with Gasteiger partial charge in [0, 0.05) is 11.8 Å². The van der Waals surface area contributed by atoms with Crippen molar-refractivity contribution in [1.29, 1.82) is 0 Å². The maximum absolute atomic E-state index is 11.9. The molecule has 1 heterocycles. The van der Waals surface area contributed by atoms with Crippen LogP contribution in [0.4, 0.5) is 0 Å². The standard InChI is InChI=1S/C17H16N2O2/c1-14-7-2-3-9-16(14)17(20)19-11-4-5-12-21-15-8-6-10-18-13-15/h2-3,6-10,13H,11-12H2,1H3,(H,19,20). The fourth-order valence-corrected chi connectivity index (χ4v) is 1.71. The number of pyridine rings is 1. The number of ether oxygens (including phenoxy) is 1. The van der Waals surface area contributed by atoms with Gasteiger partial charge in [-0.1, -0.05) is 30.0 Å². The Morgan fingerprint density at radius 2 is 2.10 bits per heavy atom. The molecule has 0 saturated carbocycles. The Bertz CT molecular complexity index is 657. The SMILES string of the molecule is Cc1ccccc1C(=O)NCC#CCOc1cccnc1. The van der Waals surface area contributed by atoms with Crippen molar-refractivity contribution < 1.29 is 9.53 Å². The van der Waals surface area contributed by atoms with Crippen molar-refractivity contribution in [2.24, 2.45) is 0 Å². The summed E-state index contributed by atoms with van der Waals surface area (Å²) in [5.41, 5.74) is 1.62. The summed E-state index contributed by atoms with van der Waals surface area (Å²) in [4.78, 5) is 15.8. The average Bonchev–Trinajstić information content (AvgIpc) is 2.52. The van der Waals surface area contributed by atoms with Gasteiger partial charge in [0.1, 0.15) is 12.4 Å². The van der Waals surface area contributed by atoms with Gasteiger partial charge in [-0.05, 0) is 30.7 Å². The maximum atomic E-state index is 11.9. The van der Waals surface area contributed by atoms with E-state index in [-0.39, 0.29) is 12.5 Å². The summed E-state index contributed by atoms with van der Waals surface area (Å²) >= 11 is 0. The minimum atomic E-state index is -0.115. The van der Waals surface area contributed by atoms with Crippen LogP contribution in [0.3, 0.4) is 0 Å². The Balaban J connectivity index is 1.74. The molecule has 2 aromatic rings. The van der Waals surface area contributed by atoms with Gasteiger partial charge in [0.25, 0.3) is 5.91 Å². The zero-order chi connectivity index (χ0) is 14.9. The molecule has 1 N–H and O–H groups in total. The van der Waals surface area contributed by atoms with E-state index in [9.17, 15) is 4.79 Å². The van der Waals surface area contributed by atoms with E-state index in [1.165, 1.54) is 0 Å². The number of nitrogens with one attached hydrogen (secondary N) is 1. The molecule has 1 aromatic heterocycles. The van der Waals surface area contributed by atoms with Crippen molar-refractivity contribution in [1.82, 2.24) is 10.3 Å². The van der Waals surface area contributed by atoms with E-state index in [0.29, 0.717) is 17.9 Å². The first-order chi connectivity index (χ1) is 10.3. The molecule has 0 spiro atoms. The number of carbonyl (C=O) groups is 1. The third kappa shape index (κ3) is 4.66. The Morgan fingerprint density at radius 1 is 1.24 bits per heavy atom. The van der Waals surface area contributed by atoms with Gasteiger partial charge in [-0.15, -0.1) is 0 Å². The number of rotatable bonds is 4. The molecular formula is C17H16N2O2. The predicted molar refractivity (Wildman–Crippen MR) is 81.0 cm³/mol. The lowest BCUT2D eigenvalue weighted by molar-refractivity contribution is 0.0958. The topological polar surface area (TPSA) is 51.2 Å². The van der Waals surface area contributed by atoms with E-state index in [1.807, 2.05) is 31.2 Å². The minimum Gasteiger partial charge on any atom is -0.479 e. The summed E-state index contributed by atoms with van der Waals surface area (Å²) in [6.45, 7) is 2.47. The molecular weight excluding hydrogens is 264 g/mol. The zero-order valence-electron chi connectivity index (χ0n) is 11.8. The van der Waals surface area contributed by atoms with Crippen LogP contribution >= 0.6 is 0 Å². The molecule has 0 fully saturated rings. The minimum absolute atomic E-state index is 0.115. The number of hydrogen-bond acceptors (Lipinski definition) is 3. The van der Waals surface area contributed by atoms with Crippen LogP contribution in [0.1, 0.15) is 15.9 Å². The number of carbonyl (C=O) groups excluding carboxylic acids is 1. The molecule has 0 radical (unpaired) electrons. The molecule has 0 saturated heterocycles. The summed E-state index contributed by atoms with van der Waals surface area (Å²) in [6, 6.07) is 11.1. The summed E-state index contributed by atoms with van der Waals surface area (Å²) in [7, 11) is 0. The van der Waals surface area contributed by atoms with Crippen LogP contribution in [0.2, 0.25) is 0 Å². The van der Waals surface area contributed by atoms with Crippen LogP contribution < -0.4 is 10.1 Å². The lowest BCUT2D eigenvalue weighted by Crippen LogP contribution is -2.24. The summed E-state index contributed by atoms with van der Waals surface area (Å²) in [5.74, 6) is 6.25. The van der Waals surface area contributed by atoms with E-state index in [0.717, 1.165) is 5.56 Å². The van der Waals surface area contributed by atoms with Crippen LogP contribution in [-0.2, 0) is 0 Å². The molecule has 0 aliphatic heterocycles. The third-order valence-electron chi connectivity index (χ3n) is 2.80. The van der Waals surface area contributed by atoms with Crippen LogP contribution in [0.15, 0.2) is 48.8 Å². The van der Waals surface area contributed by atoms with Gasteiger partial charge >= 0.3 is 0 Å². The van der Waals surface area contributed by atoms with Crippen molar-refractivity contribution in [2.75, 3.05) is 13.2 Å². The van der Waals surface area contributed by atoms with E-state index in [2.05, 4.69) is 22.1 Å². The monoisotopic (exact) mass is 280 g/mol. The molecule has 1 aromatic carbocycles. The molecule has 4 nitrogen and oxygen atoms in total. The number of aromatic nitrogens is 1. The highest BCUT2D eigenvalue weighted by Gasteiger charge is 2.05. The molecule has 0 bridgehead atoms. The van der Waals surface area contributed by atoms with Gasteiger partial charge in [-0.2, -0.15) is 0 Å². The highest BCUT2D eigenvalue weighted by molar-refractivity contribution is 5.95. The number of amides is 1. The highest BCUT2D eigenvalue weighted by atomic mass is 16.5. The maximum Gasteiger partial charge on any atom is 0.252 e. The van der Waals surface area contributed by atoms with Crippen molar-refractivity contribution in [2.45, 2.75) is 6.92 Å². The summed E-state index contributed by atoms with van der Waals surface area (Å²) in [5, 5.41) is 2.76. The zero-order valence-corrected chi connectivity index (χ0v) is 11.8. The first-order valence-corrected chi connectivity index (χ1v) is 6.60. The smallest absolute Gasteiger partial charge is 0.252 e. The molecule has 4 heteroatoms. The summed E-state index contributed by atoms with van der Waals surface area (Å²) in [6.07, 6.45) is 3.31. The fourth-order valence-electron chi connectivity index (χ4n) is 1.71. The van der Waals surface area contributed by atoms with Crippen LogP contribution in [-0.4, -0.2) is 24.0 Å². The predicted octanol–water partition coefficient (Wildman–Crippen LogP) is 2.20. The lowest BCUT2D eigenvalue weighted by atomic mass is 10.1. The van der Waals surface area contributed by atoms with Crippen LogP contribution in [0.25, 0.3) is 0 Å². The van der Waals surface area contributed by atoms with Gasteiger partial charge in [0.05, 0.1) is 12.7 Å². The lowest BCUT2D eigenvalue weighted by Gasteiger charge is -2.04. The molecule has 0 unspecified atom stereocenters. The van der Waals surface area contributed by atoms with Crippen LogP contribution in [0, 0.1) is 18.8 Å². The number of hydrogen-bond donors (Lipinski definition) is 1. The first kappa shape index (κ1) is 14.6. The third-order valence-corrected chi connectivity index (χ3v) is 2.80. The summed E-state index contributed by atoms with van der Waals surface area (Å²) < 4.78 is 5.37. The second-order valence-electron chi connectivity index (χ2n) is 4.33. The van der Waals surface area contributed by atoms with E-state index in [1.54, 1.807) is 24.5 Å². The Kier molecular flexibility index (Phi) is 5.36. The molecule has 106 valence electrons. The van der Waals surface area contributed by atoms with Crippen molar-refractivity contribution in [3.63, 3.8) is 0 Å².